The molecule has 10 heteroatoms. The average molecular weight is 628 g/mol. The lowest BCUT2D eigenvalue weighted by atomic mass is 10.0. The van der Waals surface area contributed by atoms with Crippen molar-refractivity contribution in [3.8, 4) is 5.75 Å². The van der Waals surface area contributed by atoms with Crippen LogP contribution in [0.3, 0.4) is 0 Å². The molecule has 0 bridgehead atoms. The van der Waals surface area contributed by atoms with Gasteiger partial charge in [0.25, 0.3) is 0 Å². The van der Waals surface area contributed by atoms with Gasteiger partial charge in [0.15, 0.2) is 0 Å². The minimum Gasteiger partial charge on any atom is -0.497 e. The Morgan fingerprint density at radius 3 is 2.35 bits per heavy atom. The number of methoxy groups -OCH3 is 1. The molecular formula is C33H42ClN3O5S. The molecule has 43 heavy (non-hydrogen) atoms. The third-order valence-corrected chi connectivity index (χ3v) is 8.77. The number of carbonyl (C=O) groups is 2. The molecule has 2 atom stereocenters. The SMILES string of the molecule is CCC(C)NC(=O)C(Cc1ccccc1)N(Cc1cccc(OC)c1)C(=O)CCCN(c1cc(Cl)ccc1C)S(C)(=O)=O. The van der Waals surface area contributed by atoms with Gasteiger partial charge in [-0.15, -0.1) is 0 Å². The standard InChI is InChI=1S/C33H42ClN3O5S/c1-6-25(3)35-33(39)31(21-26-12-8-7-9-13-26)36(23-27-14-10-15-29(20-27)42-4)32(38)16-11-19-37(43(5,40)41)30-22-28(34)18-17-24(30)2/h7-10,12-15,17-18,20,22,25,31H,6,11,16,19,21,23H2,1-5H3,(H,35,39). The van der Waals surface area contributed by atoms with E-state index in [9.17, 15) is 18.0 Å². The maximum Gasteiger partial charge on any atom is 0.243 e. The molecule has 0 aliphatic carbocycles. The highest BCUT2D eigenvalue weighted by atomic mass is 35.5. The van der Waals surface area contributed by atoms with Crippen LogP contribution in [0, 0.1) is 6.92 Å². The number of carbonyl (C=O) groups excluding carboxylic acids is 2. The van der Waals surface area contributed by atoms with Crippen molar-refractivity contribution in [2.45, 2.75) is 65.1 Å². The molecule has 3 aromatic rings. The summed E-state index contributed by atoms with van der Waals surface area (Å²) < 4.78 is 32.2. The minimum atomic E-state index is -3.65. The number of amides is 2. The van der Waals surface area contributed by atoms with Crippen LogP contribution < -0.4 is 14.4 Å². The Kier molecular flexibility index (Phi) is 12.5. The van der Waals surface area contributed by atoms with Crippen molar-refractivity contribution >= 4 is 39.1 Å². The number of rotatable bonds is 15. The number of nitrogens with one attached hydrogen (secondary N) is 1. The topological polar surface area (TPSA) is 96.0 Å². The minimum absolute atomic E-state index is 0.0392. The molecule has 0 aliphatic heterocycles. The van der Waals surface area contributed by atoms with Crippen LogP contribution in [-0.4, -0.2) is 57.1 Å². The summed E-state index contributed by atoms with van der Waals surface area (Å²) in [7, 11) is -2.07. The van der Waals surface area contributed by atoms with E-state index in [4.69, 9.17) is 16.3 Å². The molecule has 0 aromatic heterocycles. The molecule has 3 rings (SSSR count). The van der Waals surface area contributed by atoms with Gasteiger partial charge in [-0.25, -0.2) is 8.42 Å². The van der Waals surface area contributed by atoms with E-state index in [0.29, 0.717) is 22.9 Å². The number of benzene rings is 3. The van der Waals surface area contributed by atoms with Crippen molar-refractivity contribution in [1.82, 2.24) is 10.2 Å². The molecule has 0 radical (unpaired) electrons. The number of aryl methyl sites for hydroxylation is 1. The third-order valence-electron chi connectivity index (χ3n) is 7.35. The number of ether oxygens (including phenoxy) is 1. The summed E-state index contributed by atoms with van der Waals surface area (Å²) in [5.74, 6) is 0.162. The molecule has 232 valence electrons. The smallest absolute Gasteiger partial charge is 0.243 e. The fourth-order valence-corrected chi connectivity index (χ4v) is 5.98. The predicted molar refractivity (Wildman–Crippen MR) is 173 cm³/mol. The van der Waals surface area contributed by atoms with Crippen LogP contribution in [-0.2, 0) is 32.6 Å². The van der Waals surface area contributed by atoms with Gasteiger partial charge in [0.05, 0.1) is 19.1 Å². The first kappa shape index (κ1) is 33.9. The van der Waals surface area contributed by atoms with Gasteiger partial charge in [-0.1, -0.05) is 67.1 Å². The Balaban J connectivity index is 1.93. The van der Waals surface area contributed by atoms with E-state index in [0.717, 1.165) is 29.4 Å². The van der Waals surface area contributed by atoms with Crippen LogP contribution in [0.5, 0.6) is 5.75 Å². The Morgan fingerprint density at radius 1 is 1.00 bits per heavy atom. The van der Waals surface area contributed by atoms with Gasteiger partial charge in [-0.3, -0.25) is 13.9 Å². The van der Waals surface area contributed by atoms with Gasteiger partial charge in [-0.2, -0.15) is 0 Å². The van der Waals surface area contributed by atoms with Crippen LogP contribution in [0.2, 0.25) is 5.02 Å². The Labute approximate surface area is 261 Å². The molecular weight excluding hydrogens is 586 g/mol. The molecule has 0 spiro atoms. The van der Waals surface area contributed by atoms with E-state index < -0.39 is 16.1 Å². The lowest BCUT2D eigenvalue weighted by Gasteiger charge is -2.33. The second-order valence-corrected chi connectivity index (χ2v) is 13.1. The summed E-state index contributed by atoms with van der Waals surface area (Å²) in [5, 5.41) is 3.49. The van der Waals surface area contributed by atoms with Gasteiger partial charge >= 0.3 is 0 Å². The van der Waals surface area contributed by atoms with Gasteiger partial charge < -0.3 is 15.0 Å². The molecule has 2 amide bonds. The van der Waals surface area contributed by atoms with Crippen molar-refractivity contribution in [2.24, 2.45) is 0 Å². The van der Waals surface area contributed by atoms with Crippen molar-refractivity contribution in [3.05, 3.63) is 94.5 Å². The molecule has 0 saturated heterocycles. The van der Waals surface area contributed by atoms with Crippen molar-refractivity contribution < 1.29 is 22.7 Å². The highest BCUT2D eigenvalue weighted by Crippen LogP contribution is 2.27. The Morgan fingerprint density at radius 2 is 1.70 bits per heavy atom. The number of hydrogen-bond acceptors (Lipinski definition) is 5. The molecule has 1 N–H and O–H groups in total. The fourth-order valence-electron chi connectivity index (χ4n) is 4.80. The zero-order valence-electron chi connectivity index (χ0n) is 25.5. The second kappa shape index (κ2) is 15.8. The van der Waals surface area contributed by atoms with Gasteiger partial charge in [-0.05, 0) is 67.6 Å². The van der Waals surface area contributed by atoms with E-state index in [2.05, 4.69) is 5.32 Å². The summed E-state index contributed by atoms with van der Waals surface area (Å²) in [6.45, 7) is 6.01. The zero-order chi connectivity index (χ0) is 31.6. The average Bonchev–Trinajstić information content (AvgIpc) is 2.98. The molecule has 0 aliphatic rings. The van der Waals surface area contributed by atoms with Crippen LogP contribution in [0.1, 0.15) is 49.8 Å². The van der Waals surface area contributed by atoms with Crippen molar-refractivity contribution in [3.63, 3.8) is 0 Å². The lowest BCUT2D eigenvalue weighted by molar-refractivity contribution is -0.141. The summed E-state index contributed by atoms with van der Waals surface area (Å²) in [5.41, 5.74) is 2.97. The number of anilines is 1. The summed E-state index contributed by atoms with van der Waals surface area (Å²) in [6, 6.07) is 21.3. The van der Waals surface area contributed by atoms with Gasteiger partial charge in [0.2, 0.25) is 21.8 Å². The van der Waals surface area contributed by atoms with Gasteiger partial charge in [0, 0.05) is 37.0 Å². The van der Waals surface area contributed by atoms with Crippen LogP contribution in [0.4, 0.5) is 5.69 Å². The Bertz CT molecular complexity index is 1480. The maximum atomic E-state index is 14.0. The van der Waals surface area contributed by atoms with Crippen LogP contribution >= 0.6 is 11.6 Å². The first-order valence-corrected chi connectivity index (χ1v) is 16.7. The first-order chi connectivity index (χ1) is 20.4. The van der Waals surface area contributed by atoms with E-state index in [-0.39, 0.29) is 43.8 Å². The number of nitrogens with zero attached hydrogens (tertiary/aromatic N) is 2. The van der Waals surface area contributed by atoms with E-state index in [1.807, 2.05) is 75.4 Å². The summed E-state index contributed by atoms with van der Waals surface area (Å²) in [6.07, 6.45) is 2.50. The van der Waals surface area contributed by atoms with E-state index >= 15 is 0 Å². The number of hydrogen-bond donors (Lipinski definition) is 1. The summed E-state index contributed by atoms with van der Waals surface area (Å²) in [4.78, 5) is 29.3. The molecule has 2 unspecified atom stereocenters. The number of sulfonamides is 1. The van der Waals surface area contributed by atoms with Gasteiger partial charge in [0.1, 0.15) is 11.8 Å². The van der Waals surface area contributed by atoms with Crippen LogP contribution in [0.15, 0.2) is 72.8 Å². The highest BCUT2D eigenvalue weighted by Gasteiger charge is 2.31. The normalized spacial score (nSPS) is 12.7. The zero-order valence-corrected chi connectivity index (χ0v) is 27.1. The molecule has 8 nitrogen and oxygen atoms in total. The van der Waals surface area contributed by atoms with E-state index in [1.165, 1.54) is 4.31 Å². The fraction of sp³-hybridized carbons (Fsp3) is 0.394. The summed E-state index contributed by atoms with van der Waals surface area (Å²) >= 11 is 6.18. The molecule has 0 fully saturated rings. The largest absolute Gasteiger partial charge is 0.497 e. The Hall–Kier alpha value is -3.56. The van der Waals surface area contributed by atoms with Crippen LogP contribution in [0.25, 0.3) is 0 Å². The number of halogens is 1. The lowest BCUT2D eigenvalue weighted by Crippen LogP contribution is -2.52. The molecule has 0 heterocycles. The molecule has 3 aromatic carbocycles. The third kappa shape index (κ3) is 10.0. The highest BCUT2D eigenvalue weighted by molar-refractivity contribution is 7.92. The second-order valence-electron chi connectivity index (χ2n) is 10.8. The van der Waals surface area contributed by atoms with E-state index in [1.54, 1.807) is 30.2 Å². The maximum absolute atomic E-state index is 14.0. The van der Waals surface area contributed by atoms with Crippen molar-refractivity contribution in [2.75, 3.05) is 24.2 Å². The first-order valence-electron chi connectivity index (χ1n) is 14.4. The van der Waals surface area contributed by atoms with Crippen molar-refractivity contribution in [1.29, 1.82) is 0 Å². The predicted octanol–water partition coefficient (Wildman–Crippen LogP) is 5.76. The molecule has 0 saturated carbocycles. The monoisotopic (exact) mass is 627 g/mol. The quantitative estimate of drug-likeness (QED) is 0.231.